The lowest BCUT2D eigenvalue weighted by molar-refractivity contribution is -0.120. The molecule has 0 bridgehead atoms. The smallest absolute Gasteiger partial charge is 0.234 e. The molecule has 2 aromatic rings. The molecule has 0 unspecified atom stereocenters. The Morgan fingerprint density at radius 1 is 1.26 bits per heavy atom. The zero-order valence-electron chi connectivity index (χ0n) is 13.6. The molecule has 0 radical (unpaired) electrons. The second-order valence-corrected chi connectivity index (χ2v) is 5.41. The summed E-state index contributed by atoms with van der Waals surface area (Å²) in [6, 6.07) is 11.8. The van der Waals surface area contributed by atoms with Gasteiger partial charge in [0.1, 0.15) is 12.4 Å². The fourth-order valence-corrected chi connectivity index (χ4v) is 2.11. The van der Waals surface area contributed by atoms with Crippen LogP contribution in [0.25, 0.3) is 0 Å². The lowest BCUT2D eigenvalue weighted by atomic mass is 10.2. The van der Waals surface area contributed by atoms with E-state index in [9.17, 15) is 4.79 Å². The summed E-state index contributed by atoms with van der Waals surface area (Å²) in [4.78, 5) is 11.8. The third-order valence-electron chi connectivity index (χ3n) is 3.69. The number of nitrogens with zero attached hydrogens (tertiary/aromatic N) is 2. The molecule has 0 spiro atoms. The van der Waals surface area contributed by atoms with Crippen molar-refractivity contribution in [1.29, 1.82) is 0 Å². The average molecular weight is 316 g/mol. The molecule has 1 aromatic heterocycles. The van der Waals surface area contributed by atoms with Crippen molar-refractivity contribution in [2.24, 2.45) is 0 Å². The highest BCUT2D eigenvalue weighted by atomic mass is 16.5. The van der Waals surface area contributed by atoms with Crippen molar-refractivity contribution in [2.75, 3.05) is 19.7 Å². The van der Waals surface area contributed by atoms with Crippen molar-refractivity contribution in [2.45, 2.75) is 25.9 Å². The van der Waals surface area contributed by atoms with Gasteiger partial charge in [-0.15, -0.1) is 0 Å². The molecule has 124 valence electrons. The van der Waals surface area contributed by atoms with Crippen molar-refractivity contribution in [1.82, 2.24) is 20.4 Å². The van der Waals surface area contributed by atoms with Crippen LogP contribution in [-0.2, 0) is 4.79 Å². The molecule has 1 amide bonds. The van der Waals surface area contributed by atoms with Crippen molar-refractivity contribution in [3.8, 4) is 5.75 Å². The van der Waals surface area contributed by atoms with E-state index in [0.717, 1.165) is 5.75 Å². The van der Waals surface area contributed by atoms with Crippen LogP contribution in [0.3, 0.4) is 0 Å². The van der Waals surface area contributed by atoms with Crippen LogP contribution in [-0.4, -0.2) is 41.4 Å². The van der Waals surface area contributed by atoms with Gasteiger partial charge in [-0.2, -0.15) is 5.10 Å². The highest BCUT2D eigenvalue weighted by molar-refractivity contribution is 5.77. The van der Waals surface area contributed by atoms with E-state index in [1.54, 1.807) is 6.20 Å². The molecule has 1 aromatic carbocycles. The van der Waals surface area contributed by atoms with E-state index in [0.29, 0.717) is 13.2 Å². The monoisotopic (exact) mass is 316 g/mol. The quantitative estimate of drug-likeness (QED) is 0.690. The Bertz CT molecular complexity index is 572. The topological polar surface area (TPSA) is 68.2 Å². The number of hydrogen-bond donors (Lipinski definition) is 2. The maximum Gasteiger partial charge on any atom is 0.234 e. The SMILES string of the molecule is C[C@@H](NCC(=O)NCCOc1ccccc1)[C@H](C)n1cccn1. The summed E-state index contributed by atoms with van der Waals surface area (Å²) in [7, 11) is 0. The molecule has 1 heterocycles. The molecular formula is C17H24N4O2. The van der Waals surface area contributed by atoms with E-state index in [-0.39, 0.29) is 24.5 Å². The maximum atomic E-state index is 11.8. The van der Waals surface area contributed by atoms with Crippen LogP contribution in [0.1, 0.15) is 19.9 Å². The normalized spacial score (nSPS) is 13.3. The molecule has 6 nitrogen and oxygen atoms in total. The minimum Gasteiger partial charge on any atom is -0.492 e. The number of nitrogens with one attached hydrogen (secondary N) is 2. The maximum absolute atomic E-state index is 11.8. The van der Waals surface area contributed by atoms with Gasteiger partial charge in [-0.3, -0.25) is 9.48 Å². The molecule has 23 heavy (non-hydrogen) atoms. The summed E-state index contributed by atoms with van der Waals surface area (Å²) in [6.07, 6.45) is 3.67. The van der Waals surface area contributed by atoms with Gasteiger partial charge in [0.15, 0.2) is 0 Å². The zero-order valence-corrected chi connectivity index (χ0v) is 13.6. The Morgan fingerprint density at radius 2 is 2.04 bits per heavy atom. The second-order valence-electron chi connectivity index (χ2n) is 5.41. The number of carbonyl (C=O) groups excluding carboxylic acids is 1. The Morgan fingerprint density at radius 3 is 2.74 bits per heavy atom. The first-order valence-corrected chi connectivity index (χ1v) is 7.84. The van der Waals surface area contributed by atoms with Crippen LogP contribution in [0, 0.1) is 0 Å². The fraction of sp³-hybridized carbons (Fsp3) is 0.412. The van der Waals surface area contributed by atoms with Crippen molar-refractivity contribution < 1.29 is 9.53 Å². The number of ether oxygens (including phenoxy) is 1. The number of rotatable bonds is 9. The first-order chi connectivity index (χ1) is 11.2. The number of benzene rings is 1. The van der Waals surface area contributed by atoms with Crippen LogP contribution < -0.4 is 15.4 Å². The molecule has 0 aliphatic heterocycles. The molecule has 0 saturated heterocycles. The third kappa shape index (κ3) is 5.75. The van der Waals surface area contributed by atoms with Gasteiger partial charge in [-0.25, -0.2) is 0 Å². The van der Waals surface area contributed by atoms with E-state index < -0.39 is 0 Å². The van der Waals surface area contributed by atoms with Gasteiger partial charge in [0.25, 0.3) is 0 Å². The summed E-state index contributed by atoms with van der Waals surface area (Å²) in [5.74, 6) is 0.766. The third-order valence-corrected chi connectivity index (χ3v) is 3.69. The van der Waals surface area contributed by atoms with Crippen molar-refractivity contribution in [3.63, 3.8) is 0 Å². The summed E-state index contributed by atoms with van der Waals surface area (Å²) in [5, 5.41) is 10.3. The van der Waals surface area contributed by atoms with Crippen LogP contribution >= 0.6 is 0 Å². The number of para-hydroxylation sites is 1. The van der Waals surface area contributed by atoms with Gasteiger partial charge >= 0.3 is 0 Å². The Kier molecular flexibility index (Phi) is 6.62. The number of carbonyl (C=O) groups is 1. The van der Waals surface area contributed by atoms with Crippen LogP contribution in [0.5, 0.6) is 5.75 Å². The predicted molar refractivity (Wildman–Crippen MR) is 89.3 cm³/mol. The Hall–Kier alpha value is -2.34. The molecule has 2 rings (SSSR count). The lowest BCUT2D eigenvalue weighted by Gasteiger charge is -2.21. The summed E-state index contributed by atoms with van der Waals surface area (Å²) >= 11 is 0. The number of amides is 1. The highest BCUT2D eigenvalue weighted by Crippen LogP contribution is 2.08. The summed E-state index contributed by atoms with van der Waals surface area (Å²) in [6.45, 7) is 5.32. The molecular weight excluding hydrogens is 292 g/mol. The first kappa shape index (κ1) is 17.0. The van der Waals surface area contributed by atoms with Gasteiger partial charge < -0.3 is 15.4 Å². The lowest BCUT2D eigenvalue weighted by Crippen LogP contribution is -2.42. The summed E-state index contributed by atoms with van der Waals surface area (Å²) in [5.41, 5.74) is 0. The molecule has 0 aliphatic rings. The first-order valence-electron chi connectivity index (χ1n) is 7.84. The average Bonchev–Trinajstić information content (AvgIpc) is 3.11. The Labute approximate surface area is 136 Å². The Balaban J connectivity index is 1.59. The molecule has 2 atom stereocenters. The molecule has 2 N–H and O–H groups in total. The van der Waals surface area contributed by atoms with E-state index >= 15 is 0 Å². The standard InChI is InChI=1S/C17H24N4O2/c1-14(15(2)21-11-6-9-20-21)19-13-17(22)18-10-12-23-16-7-4-3-5-8-16/h3-9,11,14-15,19H,10,12-13H2,1-2H3,(H,18,22)/t14-,15+/m1/s1. The van der Waals surface area contributed by atoms with Crippen LogP contribution in [0.15, 0.2) is 48.8 Å². The van der Waals surface area contributed by atoms with Gasteiger partial charge in [-0.05, 0) is 32.0 Å². The molecule has 0 fully saturated rings. The minimum absolute atomic E-state index is 0.0406. The van der Waals surface area contributed by atoms with Crippen molar-refractivity contribution in [3.05, 3.63) is 48.8 Å². The van der Waals surface area contributed by atoms with Gasteiger partial charge in [0.2, 0.25) is 5.91 Å². The fourth-order valence-electron chi connectivity index (χ4n) is 2.11. The summed E-state index contributed by atoms with van der Waals surface area (Å²) < 4.78 is 7.40. The van der Waals surface area contributed by atoms with E-state index in [1.165, 1.54) is 0 Å². The van der Waals surface area contributed by atoms with Gasteiger partial charge in [-0.1, -0.05) is 18.2 Å². The molecule has 0 saturated carbocycles. The van der Waals surface area contributed by atoms with Crippen LogP contribution in [0.4, 0.5) is 0 Å². The van der Waals surface area contributed by atoms with Gasteiger partial charge in [0.05, 0.1) is 19.1 Å². The number of hydrogen-bond acceptors (Lipinski definition) is 4. The van der Waals surface area contributed by atoms with E-state index in [2.05, 4.69) is 22.7 Å². The number of aromatic nitrogens is 2. The minimum atomic E-state index is -0.0406. The van der Waals surface area contributed by atoms with Crippen LogP contribution in [0.2, 0.25) is 0 Å². The largest absolute Gasteiger partial charge is 0.492 e. The highest BCUT2D eigenvalue weighted by Gasteiger charge is 2.14. The van der Waals surface area contributed by atoms with E-state index in [4.69, 9.17) is 4.74 Å². The molecule has 0 aliphatic carbocycles. The predicted octanol–water partition coefficient (Wildman–Crippen LogP) is 1.62. The zero-order chi connectivity index (χ0) is 16.5. The van der Waals surface area contributed by atoms with E-state index in [1.807, 2.05) is 54.2 Å². The van der Waals surface area contributed by atoms with Crippen molar-refractivity contribution >= 4 is 5.91 Å². The molecule has 6 heteroatoms. The van der Waals surface area contributed by atoms with Gasteiger partial charge in [0, 0.05) is 18.4 Å². The second kappa shape index (κ2) is 8.95.